The largest absolute Gasteiger partial charge is 0.494 e. The van der Waals surface area contributed by atoms with Gasteiger partial charge in [0.2, 0.25) is 0 Å². The summed E-state index contributed by atoms with van der Waals surface area (Å²) in [4.78, 5) is 32.6. The Labute approximate surface area is 411 Å². The molecule has 4 aromatic carbocycles. The van der Waals surface area contributed by atoms with Crippen LogP contribution in [0.25, 0.3) is 34.1 Å². The minimum absolute atomic E-state index is 0.0536. The van der Waals surface area contributed by atoms with Crippen LogP contribution in [0, 0.1) is 31.3 Å². The number of H-pyrrole nitrogens is 2. The van der Waals surface area contributed by atoms with Crippen molar-refractivity contribution < 1.29 is 46.4 Å². The van der Waals surface area contributed by atoms with Crippen LogP contribution in [0.2, 0.25) is 5.02 Å². The lowest BCUT2D eigenvalue weighted by Crippen LogP contribution is -2.14. The second-order valence-corrected chi connectivity index (χ2v) is 16.6. The van der Waals surface area contributed by atoms with Gasteiger partial charge in [0.25, 0.3) is 0 Å². The second-order valence-electron chi connectivity index (χ2n) is 16.2. The van der Waals surface area contributed by atoms with E-state index in [-0.39, 0.29) is 26.2 Å². The van der Waals surface area contributed by atoms with Crippen molar-refractivity contribution in [2.45, 2.75) is 71.6 Å². The molecule has 0 bridgehead atoms. The number of anilines is 2. The summed E-state index contributed by atoms with van der Waals surface area (Å²) in [5, 5.41) is 21.5. The maximum absolute atomic E-state index is 13.6. The van der Waals surface area contributed by atoms with Crippen molar-refractivity contribution in [3.05, 3.63) is 136 Å². The fraction of sp³-hybridized carbons (Fsp3) is 0.320. The summed E-state index contributed by atoms with van der Waals surface area (Å²) in [6, 6.07) is 28.3. The number of carbonyl (C=O) groups is 2. The zero-order valence-electron chi connectivity index (χ0n) is 39.2. The van der Waals surface area contributed by atoms with Gasteiger partial charge in [-0.1, -0.05) is 80.5 Å². The predicted octanol–water partition coefficient (Wildman–Crippen LogP) is 10.8. The number of rotatable bonds is 25. The number of hydrogen-bond donors (Lipinski definition) is 4. The number of fused-ring (bicyclic) bond motifs is 2. The summed E-state index contributed by atoms with van der Waals surface area (Å²) in [6.45, 7) is 4.17. The summed E-state index contributed by atoms with van der Waals surface area (Å²) in [5.41, 5.74) is 5.56. The zero-order valence-corrected chi connectivity index (χ0v) is 39.9. The normalized spacial score (nSPS) is 11.1. The van der Waals surface area contributed by atoms with E-state index in [1.54, 1.807) is 22.8 Å². The zero-order chi connectivity index (χ0) is 50.0. The third kappa shape index (κ3) is 15.0. The molecule has 4 aromatic heterocycles. The number of aromatic nitrogens is 8. The number of halogens is 4. The van der Waals surface area contributed by atoms with Gasteiger partial charge < -0.3 is 34.3 Å². The molecule has 71 heavy (non-hydrogen) atoms. The molecular formula is C50H54ClF3N10O7. The average molecular weight is 999 g/mol. The van der Waals surface area contributed by atoms with E-state index < -0.39 is 35.8 Å². The van der Waals surface area contributed by atoms with Crippen LogP contribution in [0.4, 0.5) is 24.5 Å². The van der Waals surface area contributed by atoms with Gasteiger partial charge in [0.15, 0.2) is 54.0 Å². The van der Waals surface area contributed by atoms with Crippen LogP contribution >= 0.6 is 11.6 Å². The maximum Gasteiger partial charge on any atom is 0.343 e. The van der Waals surface area contributed by atoms with E-state index in [9.17, 15) is 22.8 Å². The molecule has 0 saturated heterocycles. The molecule has 17 nitrogen and oxygen atoms in total. The Hall–Kier alpha value is -7.42. The lowest BCUT2D eigenvalue weighted by molar-refractivity contribution is -0.155. The van der Waals surface area contributed by atoms with Crippen LogP contribution in [0.5, 0.6) is 5.75 Å². The molecule has 0 saturated carbocycles. The summed E-state index contributed by atoms with van der Waals surface area (Å²) >= 11 is 6.18. The molecule has 4 heterocycles. The van der Waals surface area contributed by atoms with E-state index in [1.165, 1.54) is 30.3 Å². The van der Waals surface area contributed by atoms with Gasteiger partial charge in [0.1, 0.15) is 24.2 Å². The third-order valence-corrected chi connectivity index (χ3v) is 11.3. The van der Waals surface area contributed by atoms with Gasteiger partial charge in [0, 0.05) is 40.7 Å². The number of benzene rings is 4. The van der Waals surface area contributed by atoms with Gasteiger partial charge in [-0.3, -0.25) is 15.0 Å². The molecule has 8 aromatic rings. The van der Waals surface area contributed by atoms with E-state index in [0.717, 1.165) is 78.0 Å². The van der Waals surface area contributed by atoms with E-state index in [2.05, 4.69) is 41.0 Å². The Morgan fingerprint density at radius 3 is 2.07 bits per heavy atom. The Kier molecular flexibility index (Phi) is 18.8. The van der Waals surface area contributed by atoms with Gasteiger partial charge >= 0.3 is 11.9 Å². The minimum atomic E-state index is -1.75. The number of nitrogens with zero attached hydrogens (tertiary/aromatic N) is 6. The maximum atomic E-state index is 13.6. The van der Waals surface area contributed by atoms with Crippen molar-refractivity contribution in [1.82, 2.24) is 39.6 Å². The monoisotopic (exact) mass is 998 g/mol. The van der Waals surface area contributed by atoms with Gasteiger partial charge in [-0.05, 0) is 87.4 Å². The van der Waals surface area contributed by atoms with Gasteiger partial charge in [-0.25, -0.2) is 27.9 Å². The second kappa shape index (κ2) is 26.0. The van der Waals surface area contributed by atoms with Crippen molar-refractivity contribution in [2.24, 2.45) is 0 Å². The molecule has 0 aliphatic rings. The first kappa shape index (κ1) is 51.4. The first-order valence-corrected chi connectivity index (χ1v) is 23.4. The molecule has 374 valence electrons. The van der Waals surface area contributed by atoms with Crippen LogP contribution in [0.15, 0.2) is 97.1 Å². The molecule has 21 heteroatoms. The SMILES string of the molecule is Cc1[nH]n2nc(-c3cccc(NCOCOC(=O)c4ccc(F)c(F)c4F)c3)nc2c1Cl.Cc1cc2nc(-c3ccc(NCOCOC(=O)CCCCCCCCCCOc4ccccc4)cc3)nn2[nH]1. The van der Waals surface area contributed by atoms with Crippen LogP contribution < -0.4 is 15.4 Å². The predicted molar refractivity (Wildman–Crippen MR) is 260 cm³/mol. The quantitative estimate of drug-likeness (QED) is 0.0183. The number of aryl methyl sites for hydroxylation is 2. The molecule has 0 fully saturated rings. The number of carbonyl (C=O) groups excluding carboxylic acids is 2. The fourth-order valence-corrected chi connectivity index (χ4v) is 7.24. The molecule has 0 aliphatic carbocycles. The van der Waals surface area contributed by atoms with Crippen LogP contribution in [0.1, 0.15) is 79.5 Å². The summed E-state index contributed by atoms with van der Waals surface area (Å²) < 4.78 is 69.0. The standard InChI is InChI=1S/C30H39N5O4.C20H15ClF3N5O3/c1-24-21-28-32-30(34-35(28)33-24)25-16-18-26(19-17-25)31-22-37-23-39-29(36)15-11-6-4-2-3-5-7-12-20-38-27-13-9-8-10-14-27;1-10-15(21)19-26-18(28-29(19)27-10)11-3-2-4-12(7-11)25-8-31-9-32-20(30)13-5-6-14(22)17(24)16(13)23/h8-10,13-14,16-19,21,31,33H,2-7,11-12,15,20,22-23H2,1H3;2-7,25,27H,8-9H2,1H3. The molecule has 0 unspecified atom stereocenters. The van der Waals surface area contributed by atoms with E-state index in [4.69, 9.17) is 35.3 Å². The first-order chi connectivity index (χ1) is 34.5. The minimum Gasteiger partial charge on any atom is -0.494 e. The van der Waals surface area contributed by atoms with Crippen LogP contribution in [-0.2, 0) is 23.7 Å². The molecule has 0 radical (unpaired) electrons. The number of hydrogen-bond acceptors (Lipinski definition) is 13. The Balaban J connectivity index is 0.000000213. The van der Waals surface area contributed by atoms with Crippen molar-refractivity contribution in [2.75, 3.05) is 44.3 Å². The fourth-order valence-electron chi connectivity index (χ4n) is 7.08. The molecule has 0 aliphatic heterocycles. The number of aromatic amines is 2. The van der Waals surface area contributed by atoms with Crippen molar-refractivity contribution >= 4 is 46.2 Å². The lowest BCUT2D eigenvalue weighted by Gasteiger charge is -2.09. The first-order valence-electron chi connectivity index (χ1n) is 23.0. The Morgan fingerprint density at radius 2 is 1.34 bits per heavy atom. The molecule has 0 amide bonds. The highest BCUT2D eigenvalue weighted by Crippen LogP contribution is 2.25. The third-order valence-electron chi connectivity index (χ3n) is 10.8. The van der Waals surface area contributed by atoms with Gasteiger partial charge in [-0.15, -0.1) is 10.2 Å². The summed E-state index contributed by atoms with van der Waals surface area (Å²) in [6.07, 6.45) is 9.45. The molecular weight excluding hydrogens is 945 g/mol. The highest BCUT2D eigenvalue weighted by molar-refractivity contribution is 6.34. The van der Waals surface area contributed by atoms with Crippen molar-refractivity contribution in [1.29, 1.82) is 0 Å². The lowest BCUT2D eigenvalue weighted by atomic mass is 10.1. The van der Waals surface area contributed by atoms with Crippen LogP contribution in [-0.4, -0.2) is 85.2 Å². The summed E-state index contributed by atoms with van der Waals surface area (Å²) in [5.74, 6) is -4.09. The van der Waals surface area contributed by atoms with Crippen molar-refractivity contribution in [3.8, 4) is 28.5 Å². The topological polar surface area (TPSA) is 196 Å². The van der Waals surface area contributed by atoms with Crippen LogP contribution in [0.3, 0.4) is 0 Å². The Morgan fingerprint density at radius 1 is 0.662 bits per heavy atom. The van der Waals surface area contributed by atoms with Gasteiger partial charge in [0.05, 0.1) is 17.9 Å². The number of esters is 2. The van der Waals surface area contributed by atoms with E-state index in [0.29, 0.717) is 40.5 Å². The Bertz CT molecular complexity index is 2930. The van der Waals surface area contributed by atoms with Gasteiger partial charge in [-0.2, -0.15) is 9.26 Å². The molecule has 0 spiro atoms. The highest BCUT2D eigenvalue weighted by atomic mass is 35.5. The van der Waals surface area contributed by atoms with E-state index in [1.807, 2.05) is 80.6 Å². The smallest absolute Gasteiger partial charge is 0.343 e. The number of para-hydroxylation sites is 1. The number of ether oxygens (including phenoxy) is 5. The number of unbranched alkanes of at least 4 members (excludes halogenated alkanes) is 7. The number of nitrogens with one attached hydrogen (secondary N) is 4. The average Bonchev–Trinajstić information content (AvgIpc) is 4.13. The molecule has 4 N–H and O–H groups in total. The summed E-state index contributed by atoms with van der Waals surface area (Å²) in [7, 11) is 0. The molecule has 8 rings (SSSR count). The van der Waals surface area contributed by atoms with Crippen molar-refractivity contribution in [3.63, 3.8) is 0 Å². The highest BCUT2D eigenvalue weighted by Gasteiger charge is 2.20. The van der Waals surface area contributed by atoms with E-state index >= 15 is 0 Å². The molecule has 0 atom stereocenters.